The maximum atomic E-state index is 4.40. The van der Waals surface area contributed by atoms with Crippen LogP contribution < -0.4 is 0 Å². The van der Waals surface area contributed by atoms with E-state index < -0.39 is 0 Å². The van der Waals surface area contributed by atoms with E-state index in [1.807, 2.05) is 24.7 Å². The molecule has 0 N–H and O–H groups in total. The molecular weight excluding hydrogens is 436 g/mol. The third-order valence-corrected chi connectivity index (χ3v) is 6.41. The molecule has 1 aromatic carbocycles. The number of rotatable bonds is 6. The van der Waals surface area contributed by atoms with Crippen LogP contribution in [0, 0.1) is 0 Å². The van der Waals surface area contributed by atoms with E-state index in [1.54, 1.807) is 0 Å². The van der Waals surface area contributed by atoms with E-state index >= 15 is 0 Å². The lowest BCUT2D eigenvalue weighted by Gasteiger charge is -2.14. The van der Waals surface area contributed by atoms with Crippen LogP contribution in [0.1, 0.15) is 152 Å². The van der Waals surface area contributed by atoms with Gasteiger partial charge in [-0.3, -0.25) is 9.97 Å². The number of aromatic nitrogens is 2. The molecule has 0 aliphatic rings. The van der Waals surface area contributed by atoms with Crippen molar-refractivity contribution in [2.45, 2.75) is 119 Å². The Balaban J connectivity index is 0.000000270. The Hall–Kier alpha value is -2.48. The Bertz CT molecular complexity index is 800. The zero-order chi connectivity index (χ0) is 27.4. The summed E-state index contributed by atoms with van der Waals surface area (Å²) in [4.78, 5) is 8.55. The van der Waals surface area contributed by atoms with Crippen molar-refractivity contribution < 1.29 is 0 Å². The van der Waals surface area contributed by atoms with Gasteiger partial charge in [-0.25, -0.2) is 0 Å². The van der Waals surface area contributed by atoms with Gasteiger partial charge in [0.05, 0.1) is 0 Å². The fraction of sp³-hybridized carbons (Fsp3) is 0.529. The maximum Gasteiger partial charge on any atom is 0.0463 e. The Morgan fingerprint density at radius 3 is 1.19 bits per heavy atom. The number of hydrogen-bond donors (Lipinski definition) is 0. The number of pyridine rings is 2. The summed E-state index contributed by atoms with van der Waals surface area (Å²) in [5, 5.41) is 0. The lowest BCUT2D eigenvalue weighted by atomic mass is 9.91. The van der Waals surface area contributed by atoms with Crippen LogP contribution in [-0.4, -0.2) is 9.97 Å². The molecule has 3 aromatic rings. The average molecular weight is 489 g/mol. The molecule has 0 aliphatic heterocycles. The van der Waals surface area contributed by atoms with Crippen molar-refractivity contribution in [3.8, 4) is 0 Å². The van der Waals surface area contributed by atoms with E-state index in [0.717, 1.165) is 0 Å². The minimum Gasteiger partial charge on any atom is -0.264 e. The standard InChI is InChI=1S/C12H18.2C11H17N/c1-9(2)11-7-5-6-8-12(11)10(3)4;1-8(2)10-5-6-12-7-11(10)9(3)4;1-8(2)10-6-5-7-12-11(10)9(3)4/h5-10H,1-4H3;2*5-9H,1-4H3. The lowest BCUT2D eigenvalue weighted by Crippen LogP contribution is -2.00. The van der Waals surface area contributed by atoms with Gasteiger partial charge in [-0.15, -0.1) is 0 Å². The van der Waals surface area contributed by atoms with Crippen LogP contribution in [0.2, 0.25) is 0 Å². The number of hydrogen-bond acceptors (Lipinski definition) is 2. The first-order chi connectivity index (χ1) is 16.9. The summed E-state index contributed by atoms with van der Waals surface area (Å²) in [6.07, 6.45) is 5.74. The van der Waals surface area contributed by atoms with E-state index in [1.165, 1.54) is 33.5 Å². The van der Waals surface area contributed by atoms with Crippen LogP contribution in [0.3, 0.4) is 0 Å². The van der Waals surface area contributed by atoms with Gasteiger partial charge in [-0.05, 0) is 75.5 Å². The van der Waals surface area contributed by atoms with E-state index in [-0.39, 0.29) is 0 Å². The molecule has 0 radical (unpaired) electrons. The summed E-state index contributed by atoms with van der Waals surface area (Å²) in [6.45, 7) is 26.7. The second-order valence-corrected chi connectivity index (χ2v) is 11.5. The molecule has 0 unspecified atom stereocenters. The third kappa shape index (κ3) is 9.88. The second kappa shape index (κ2) is 15.6. The predicted molar refractivity (Wildman–Crippen MR) is 159 cm³/mol. The molecule has 0 fully saturated rings. The number of benzene rings is 1. The maximum absolute atomic E-state index is 4.40. The molecule has 2 nitrogen and oxygen atoms in total. The zero-order valence-corrected chi connectivity index (χ0v) is 25.1. The van der Waals surface area contributed by atoms with E-state index in [0.29, 0.717) is 35.5 Å². The van der Waals surface area contributed by atoms with Crippen molar-refractivity contribution in [2.75, 3.05) is 0 Å². The van der Waals surface area contributed by atoms with Gasteiger partial charge >= 0.3 is 0 Å². The van der Waals surface area contributed by atoms with Gasteiger partial charge in [0.25, 0.3) is 0 Å². The average Bonchev–Trinajstić information content (AvgIpc) is 2.84. The van der Waals surface area contributed by atoms with Gasteiger partial charge in [-0.2, -0.15) is 0 Å². The summed E-state index contributed by atoms with van der Waals surface area (Å²) in [7, 11) is 0. The van der Waals surface area contributed by atoms with Gasteiger partial charge < -0.3 is 0 Å². The molecule has 2 heteroatoms. The summed E-state index contributed by atoms with van der Waals surface area (Å²) in [5.41, 5.74) is 8.42. The van der Waals surface area contributed by atoms with Crippen LogP contribution in [0.4, 0.5) is 0 Å². The fourth-order valence-electron chi connectivity index (χ4n) is 4.39. The molecule has 0 bridgehead atoms. The van der Waals surface area contributed by atoms with Crippen LogP contribution in [-0.2, 0) is 0 Å². The molecule has 0 atom stereocenters. The molecular formula is C34H52N2. The Morgan fingerprint density at radius 2 is 0.833 bits per heavy atom. The van der Waals surface area contributed by atoms with Crippen LogP contribution >= 0.6 is 0 Å². The minimum atomic E-state index is 0.531. The highest BCUT2D eigenvalue weighted by Crippen LogP contribution is 2.26. The monoisotopic (exact) mass is 488 g/mol. The Labute approximate surface area is 223 Å². The summed E-state index contributed by atoms with van der Waals surface area (Å²) in [5.74, 6) is 3.58. The zero-order valence-electron chi connectivity index (χ0n) is 25.1. The van der Waals surface area contributed by atoms with Crippen molar-refractivity contribution in [1.82, 2.24) is 9.97 Å². The SMILES string of the molecule is CC(C)c1ccccc1C(C)C.CC(C)c1cccnc1C(C)C.CC(C)c1ccncc1C(C)C. The van der Waals surface area contributed by atoms with Gasteiger partial charge in [0.15, 0.2) is 0 Å². The van der Waals surface area contributed by atoms with Gasteiger partial charge in [0.2, 0.25) is 0 Å². The van der Waals surface area contributed by atoms with Gasteiger partial charge in [0.1, 0.15) is 0 Å². The molecule has 0 saturated carbocycles. The Kier molecular flexibility index (Phi) is 13.7. The lowest BCUT2D eigenvalue weighted by molar-refractivity contribution is 0.757. The van der Waals surface area contributed by atoms with Crippen molar-refractivity contribution in [3.63, 3.8) is 0 Å². The van der Waals surface area contributed by atoms with Crippen molar-refractivity contribution in [2.24, 2.45) is 0 Å². The second-order valence-electron chi connectivity index (χ2n) is 11.5. The highest BCUT2D eigenvalue weighted by molar-refractivity contribution is 5.32. The molecule has 198 valence electrons. The topological polar surface area (TPSA) is 25.8 Å². The first-order valence-electron chi connectivity index (χ1n) is 13.9. The quantitative estimate of drug-likeness (QED) is 0.345. The first kappa shape index (κ1) is 31.5. The summed E-state index contributed by atoms with van der Waals surface area (Å²) >= 11 is 0. The molecule has 0 aliphatic carbocycles. The highest BCUT2D eigenvalue weighted by atomic mass is 14.7. The molecule has 2 aromatic heterocycles. The van der Waals surface area contributed by atoms with Crippen molar-refractivity contribution in [1.29, 1.82) is 0 Å². The van der Waals surface area contributed by atoms with Crippen LogP contribution in [0.5, 0.6) is 0 Å². The number of nitrogens with zero attached hydrogens (tertiary/aromatic N) is 2. The molecule has 0 spiro atoms. The van der Waals surface area contributed by atoms with Gasteiger partial charge in [0, 0.05) is 24.3 Å². The largest absolute Gasteiger partial charge is 0.264 e. The van der Waals surface area contributed by atoms with E-state index in [2.05, 4.69) is 129 Å². The highest BCUT2D eigenvalue weighted by Gasteiger charge is 2.10. The smallest absolute Gasteiger partial charge is 0.0463 e. The third-order valence-electron chi connectivity index (χ3n) is 6.41. The molecule has 0 saturated heterocycles. The molecule has 2 heterocycles. The molecule has 3 rings (SSSR count). The van der Waals surface area contributed by atoms with Crippen LogP contribution in [0.25, 0.3) is 0 Å². The van der Waals surface area contributed by atoms with Crippen molar-refractivity contribution in [3.05, 3.63) is 94.6 Å². The Morgan fingerprint density at radius 1 is 0.417 bits per heavy atom. The van der Waals surface area contributed by atoms with Gasteiger partial charge in [-0.1, -0.05) is 113 Å². The fourth-order valence-corrected chi connectivity index (χ4v) is 4.39. The predicted octanol–water partition coefficient (Wildman–Crippen LogP) is 10.6. The minimum absolute atomic E-state index is 0.531. The molecule has 0 amide bonds. The van der Waals surface area contributed by atoms with E-state index in [4.69, 9.17) is 0 Å². The van der Waals surface area contributed by atoms with Crippen LogP contribution in [0.15, 0.2) is 61.1 Å². The first-order valence-corrected chi connectivity index (χ1v) is 13.9. The summed E-state index contributed by atoms with van der Waals surface area (Å²) < 4.78 is 0. The molecule has 36 heavy (non-hydrogen) atoms. The normalized spacial score (nSPS) is 11.2. The van der Waals surface area contributed by atoms with Crippen molar-refractivity contribution >= 4 is 0 Å². The summed E-state index contributed by atoms with van der Waals surface area (Å²) in [6, 6.07) is 15.0. The van der Waals surface area contributed by atoms with E-state index in [9.17, 15) is 0 Å².